The van der Waals surface area contributed by atoms with Gasteiger partial charge in [0.15, 0.2) is 0 Å². The predicted molar refractivity (Wildman–Crippen MR) is 68.3 cm³/mol. The molecular formula is C14H21NO3. The SMILES string of the molecule is CCCC1(C(=O)O)CCN(Cc2occc2C)C1. The third kappa shape index (κ3) is 2.43. The minimum absolute atomic E-state index is 0.546. The molecule has 18 heavy (non-hydrogen) atoms. The Morgan fingerprint density at radius 1 is 1.61 bits per heavy atom. The van der Waals surface area contributed by atoms with Crippen molar-refractivity contribution in [2.24, 2.45) is 5.41 Å². The number of nitrogens with zero attached hydrogens (tertiary/aromatic N) is 1. The molecule has 1 aliphatic rings. The first-order valence-electron chi connectivity index (χ1n) is 6.56. The van der Waals surface area contributed by atoms with Crippen LogP contribution in [0, 0.1) is 12.3 Å². The average Bonchev–Trinajstić information content (AvgIpc) is 2.89. The van der Waals surface area contributed by atoms with Gasteiger partial charge in [-0.1, -0.05) is 13.3 Å². The number of carbonyl (C=O) groups is 1. The zero-order chi connectivity index (χ0) is 13.2. The van der Waals surface area contributed by atoms with Crippen LogP contribution in [-0.2, 0) is 11.3 Å². The van der Waals surface area contributed by atoms with E-state index in [1.54, 1.807) is 6.26 Å². The van der Waals surface area contributed by atoms with E-state index in [0.29, 0.717) is 6.54 Å². The van der Waals surface area contributed by atoms with Gasteiger partial charge >= 0.3 is 5.97 Å². The molecule has 2 rings (SSSR count). The van der Waals surface area contributed by atoms with Crippen molar-refractivity contribution in [3.05, 3.63) is 23.7 Å². The summed E-state index contributed by atoms with van der Waals surface area (Å²) < 4.78 is 5.43. The van der Waals surface area contributed by atoms with Crippen LogP contribution in [0.25, 0.3) is 0 Å². The second-order valence-corrected chi connectivity index (χ2v) is 5.32. The largest absolute Gasteiger partial charge is 0.481 e. The first-order chi connectivity index (χ1) is 8.57. The number of hydrogen-bond acceptors (Lipinski definition) is 3. The number of carboxylic acids is 1. The summed E-state index contributed by atoms with van der Waals surface area (Å²) >= 11 is 0. The Balaban J connectivity index is 2.03. The highest BCUT2D eigenvalue weighted by molar-refractivity contribution is 5.75. The lowest BCUT2D eigenvalue weighted by molar-refractivity contribution is -0.148. The van der Waals surface area contributed by atoms with Crippen LogP contribution >= 0.6 is 0 Å². The van der Waals surface area contributed by atoms with E-state index in [1.807, 2.05) is 19.9 Å². The molecular weight excluding hydrogens is 230 g/mol. The zero-order valence-corrected chi connectivity index (χ0v) is 11.1. The Hall–Kier alpha value is -1.29. The highest BCUT2D eigenvalue weighted by Gasteiger charge is 2.43. The van der Waals surface area contributed by atoms with Crippen LogP contribution in [0.5, 0.6) is 0 Å². The van der Waals surface area contributed by atoms with Gasteiger partial charge in [-0.05, 0) is 37.9 Å². The molecule has 4 heteroatoms. The van der Waals surface area contributed by atoms with E-state index < -0.39 is 11.4 Å². The summed E-state index contributed by atoms with van der Waals surface area (Å²) in [6, 6.07) is 1.95. The van der Waals surface area contributed by atoms with Crippen molar-refractivity contribution in [2.45, 2.75) is 39.7 Å². The quantitative estimate of drug-likeness (QED) is 0.874. The average molecular weight is 251 g/mol. The summed E-state index contributed by atoms with van der Waals surface area (Å²) in [4.78, 5) is 13.7. The highest BCUT2D eigenvalue weighted by atomic mass is 16.4. The second-order valence-electron chi connectivity index (χ2n) is 5.32. The monoisotopic (exact) mass is 251 g/mol. The summed E-state index contributed by atoms with van der Waals surface area (Å²) in [5.74, 6) is 0.302. The van der Waals surface area contributed by atoms with Gasteiger partial charge < -0.3 is 9.52 Å². The molecule has 4 nitrogen and oxygen atoms in total. The van der Waals surface area contributed by atoms with E-state index in [9.17, 15) is 9.90 Å². The molecule has 1 aromatic rings. The van der Waals surface area contributed by atoms with Crippen LogP contribution in [0.3, 0.4) is 0 Å². The number of hydrogen-bond donors (Lipinski definition) is 1. The summed E-state index contributed by atoms with van der Waals surface area (Å²) in [5, 5.41) is 9.44. The normalized spacial score (nSPS) is 24.6. The number of aryl methyl sites for hydroxylation is 1. The Bertz CT molecular complexity index is 426. The molecule has 0 saturated carbocycles. The van der Waals surface area contributed by atoms with E-state index in [-0.39, 0.29) is 0 Å². The van der Waals surface area contributed by atoms with Crippen molar-refractivity contribution in [3.8, 4) is 0 Å². The van der Waals surface area contributed by atoms with E-state index in [2.05, 4.69) is 4.90 Å². The summed E-state index contributed by atoms with van der Waals surface area (Å²) in [6.07, 6.45) is 4.11. The first-order valence-corrected chi connectivity index (χ1v) is 6.56. The topological polar surface area (TPSA) is 53.7 Å². The molecule has 0 amide bonds. The zero-order valence-electron chi connectivity index (χ0n) is 11.1. The van der Waals surface area contributed by atoms with E-state index in [4.69, 9.17) is 4.42 Å². The molecule has 0 aliphatic carbocycles. The Labute approximate surface area is 108 Å². The first kappa shape index (κ1) is 13.1. The van der Waals surface area contributed by atoms with Crippen molar-refractivity contribution in [3.63, 3.8) is 0 Å². The van der Waals surface area contributed by atoms with Crippen LogP contribution in [0.2, 0.25) is 0 Å². The van der Waals surface area contributed by atoms with Crippen molar-refractivity contribution in [1.29, 1.82) is 0 Å². The summed E-state index contributed by atoms with van der Waals surface area (Å²) in [7, 11) is 0. The van der Waals surface area contributed by atoms with Crippen LogP contribution in [0.15, 0.2) is 16.7 Å². The van der Waals surface area contributed by atoms with Gasteiger partial charge in [0.2, 0.25) is 0 Å². The molecule has 1 aromatic heterocycles. The minimum atomic E-state index is -0.650. The van der Waals surface area contributed by atoms with Gasteiger partial charge in [-0.3, -0.25) is 9.69 Å². The Kier molecular flexibility index (Phi) is 3.76. The molecule has 1 unspecified atom stereocenters. The van der Waals surface area contributed by atoms with Gasteiger partial charge in [0.25, 0.3) is 0 Å². The van der Waals surface area contributed by atoms with Crippen molar-refractivity contribution < 1.29 is 14.3 Å². The summed E-state index contributed by atoms with van der Waals surface area (Å²) in [5.41, 5.74) is 0.591. The van der Waals surface area contributed by atoms with Gasteiger partial charge in [-0.25, -0.2) is 0 Å². The van der Waals surface area contributed by atoms with Crippen LogP contribution in [-0.4, -0.2) is 29.1 Å². The Morgan fingerprint density at radius 3 is 2.94 bits per heavy atom. The standard InChI is InChI=1S/C14H21NO3/c1-3-5-14(13(16)17)6-7-15(10-14)9-12-11(2)4-8-18-12/h4,8H,3,5-7,9-10H2,1-2H3,(H,16,17). The molecule has 1 N–H and O–H groups in total. The van der Waals surface area contributed by atoms with Gasteiger partial charge in [-0.15, -0.1) is 0 Å². The second kappa shape index (κ2) is 5.14. The van der Waals surface area contributed by atoms with Crippen LogP contribution < -0.4 is 0 Å². The summed E-state index contributed by atoms with van der Waals surface area (Å²) in [6.45, 7) is 6.26. The maximum atomic E-state index is 11.5. The molecule has 1 saturated heterocycles. The number of rotatable bonds is 5. The third-order valence-corrected chi connectivity index (χ3v) is 3.95. The smallest absolute Gasteiger partial charge is 0.310 e. The highest BCUT2D eigenvalue weighted by Crippen LogP contribution is 2.36. The van der Waals surface area contributed by atoms with E-state index in [0.717, 1.165) is 43.7 Å². The Morgan fingerprint density at radius 2 is 2.39 bits per heavy atom. The molecule has 0 bridgehead atoms. The van der Waals surface area contributed by atoms with Crippen molar-refractivity contribution in [2.75, 3.05) is 13.1 Å². The number of carboxylic acid groups (broad SMARTS) is 1. The maximum absolute atomic E-state index is 11.5. The van der Waals surface area contributed by atoms with E-state index >= 15 is 0 Å². The van der Waals surface area contributed by atoms with Gasteiger partial charge in [0.1, 0.15) is 5.76 Å². The fraction of sp³-hybridized carbons (Fsp3) is 0.643. The lowest BCUT2D eigenvalue weighted by Crippen LogP contribution is -2.34. The van der Waals surface area contributed by atoms with Crippen LogP contribution in [0.1, 0.15) is 37.5 Å². The maximum Gasteiger partial charge on any atom is 0.310 e. The molecule has 2 heterocycles. The molecule has 1 fully saturated rings. The predicted octanol–water partition coefficient (Wildman–Crippen LogP) is 2.66. The molecule has 0 aromatic carbocycles. The minimum Gasteiger partial charge on any atom is -0.481 e. The number of aliphatic carboxylic acids is 1. The van der Waals surface area contributed by atoms with Crippen molar-refractivity contribution >= 4 is 5.97 Å². The van der Waals surface area contributed by atoms with E-state index in [1.165, 1.54) is 0 Å². The molecule has 0 spiro atoms. The van der Waals surface area contributed by atoms with Gasteiger partial charge in [-0.2, -0.15) is 0 Å². The number of likely N-dealkylation sites (tertiary alicyclic amines) is 1. The van der Waals surface area contributed by atoms with Crippen molar-refractivity contribution in [1.82, 2.24) is 4.90 Å². The van der Waals surface area contributed by atoms with Gasteiger partial charge in [0, 0.05) is 6.54 Å². The number of furan rings is 1. The molecule has 1 atom stereocenters. The fourth-order valence-corrected chi connectivity index (χ4v) is 2.83. The molecule has 0 radical (unpaired) electrons. The van der Waals surface area contributed by atoms with Gasteiger partial charge in [0.05, 0.1) is 18.2 Å². The fourth-order valence-electron chi connectivity index (χ4n) is 2.83. The molecule has 1 aliphatic heterocycles. The van der Waals surface area contributed by atoms with Crippen LogP contribution in [0.4, 0.5) is 0 Å². The lowest BCUT2D eigenvalue weighted by atomic mass is 9.83. The third-order valence-electron chi connectivity index (χ3n) is 3.95. The molecule has 100 valence electrons. The lowest BCUT2D eigenvalue weighted by Gasteiger charge is -2.24.